The van der Waals surface area contributed by atoms with Crippen LogP contribution in [0.4, 0.5) is 0 Å². The van der Waals surface area contributed by atoms with Crippen LogP contribution in [0.3, 0.4) is 0 Å². The molecule has 0 saturated carbocycles. The third-order valence-electron chi connectivity index (χ3n) is 5.12. The second kappa shape index (κ2) is 23.0. The Morgan fingerprint density at radius 2 is 0.963 bits per heavy atom. The summed E-state index contributed by atoms with van der Waals surface area (Å²) in [5.74, 6) is -0.665. The molecule has 0 amide bonds. The fourth-order valence-electron chi connectivity index (χ4n) is 3.34. The third kappa shape index (κ3) is 24.9. The molecule has 2 heteroatoms. The van der Waals surface area contributed by atoms with E-state index in [0.29, 0.717) is 6.42 Å². The molecule has 0 unspecified atom stereocenters. The van der Waals surface area contributed by atoms with Crippen LogP contribution in [0.15, 0.2) is 24.3 Å². The molecule has 0 aliphatic carbocycles. The molecule has 0 fully saturated rings. The van der Waals surface area contributed by atoms with E-state index in [2.05, 4.69) is 31.2 Å². The normalized spacial score (nSPS) is 11.7. The lowest BCUT2D eigenvalue weighted by atomic mass is 10.1. The molecule has 0 bridgehead atoms. The fourth-order valence-corrected chi connectivity index (χ4v) is 3.34. The van der Waals surface area contributed by atoms with Gasteiger partial charge in [0.05, 0.1) is 0 Å². The first-order chi connectivity index (χ1) is 13.3. The van der Waals surface area contributed by atoms with E-state index in [9.17, 15) is 4.79 Å². The molecule has 1 N–H and O–H groups in total. The van der Waals surface area contributed by atoms with Crippen LogP contribution in [0.1, 0.15) is 129 Å². The number of hydrogen-bond donors (Lipinski definition) is 1. The van der Waals surface area contributed by atoms with Crippen molar-refractivity contribution in [2.24, 2.45) is 0 Å². The van der Waals surface area contributed by atoms with Gasteiger partial charge in [0.15, 0.2) is 0 Å². The predicted octanol–water partition coefficient (Wildman–Crippen LogP) is 8.62. The lowest BCUT2D eigenvalue weighted by Crippen LogP contribution is -1.93. The average molecular weight is 379 g/mol. The lowest BCUT2D eigenvalue weighted by molar-refractivity contribution is -0.137. The Hall–Kier alpha value is -1.05. The summed E-state index contributed by atoms with van der Waals surface area (Å²) in [6.07, 6.45) is 32.6. The molecular weight excluding hydrogens is 332 g/mol. The first-order valence-electron chi connectivity index (χ1n) is 11.8. The summed E-state index contributed by atoms with van der Waals surface area (Å²) in [6, 6.07) is 0. The van der Waals surface area contributed by atoms with E-state index in [4.69, 9.17) is 5.11 Å². The molecule has 0 aliphatic heterocycles. The maximum atomic E-state index is 10.4. The number of allylic oxidation sites excluding steroid dienone is 4. The second-order valence-corrected chi connectivity index (χ2v) is 7.88. The molecule has 0 aromatic heterocycles. The van der Waals surface area contributed by atoms with Crippen LogP contribution in [0.5, 0.6) is 0 Å². The Balaban J connectivity index is 3.18. The van der Waals surface area contributed by atoms with E-state index in [0.717, 1.165) is 19.3 Å². The Bertz CT molecular complexity index is 357. The average Bonchev–Trinajstić information content (AvgIpc) is 2.65. The number of carboxylic acids is 1. The fraction of sp³-hybridized carbons (Fsp3) is 0.800. The molecule has 0 spiro atoms. The summed E-state index contributed by atoms with van der Waals surface area (Å²) in [4.78, 5) is 10.4. The van der Waals surface area contributed by atoms with E-state index in [1.165, 1.54) is 96.3 Å². The number of carbonyl (C=O) groups is 1. The van der Waals surface area contributed by atoms with E-state index in [1.54, 1.807) is 0 Å². The van der Waals surface area contributed by atoms with E-state index in [1.807, 2.05) is 0 Å². The summed E-state index contributed by atoms with van der Waals surface area (Å²) in [5, 5.41) is 8.57. The molecule has 0 radical (unpaired) electrons. The first-order valence-corrected chi connectivity index (χ1v) is 11.8. The van der Waals surface area contributed by atoms with Gasteiger partial charge in [-0.25, -0.2) is 0 Å². The number of carboxylic acid groups (broad SMARTS) is 1. The number of hydrogen-bond acceptors (Lipinski definition) is 1. The zero-order chi connectivity index (χ0) is 19.8. The highest BCUT2D eigenvalue weighted by atomic mass is 16.4. The quantitative estimate of drug-likeness (QED) is 0.160. The maximum absolute atomic E-state index is 10.4. The third-order valence-corrected chi connectivity index (χ3v) is 5.12. The van der Waals surface area contributed by atoms with Crippen molar-refractivity contribution >= 4 is 5.97 Å². The molecule has 27 heavy (non-hydrogen) atoms. The summed E-state index contributed by atoms with van der Waals surface area (Å²) in [7, 11) is 0. The highest BCUT2D eigenvalue weighted by Gasteiger charge is 1.96. The standard InChI is InChI=1S/C25H46O2/c1-2-3-4-5-6-7-8-9-10-11-12-13-14-15-16-17-18-19-20-21-22-23-24-25(26)27/h13-16H,2-12,17-24H2,1H3,(H,26,27). The van der Waals surface area contributed by atoms with Crippen LogP contribution < -0.4 is 0 Å². The van der Waals surface area contributed by atoms with Crippen LogP contribution in [0, 0.1) is 0 Å². The SMILES string of the molecule is CCCCCCCCCCCCC=CC=CCCCCCCCCC(=O)O. The minimum Gasteiger partial charge on any atom is -0.481 e. The number of rotatable bonds is 21. The number of unbranched alkanes of at least 4 members (excludes halogenated alkanes) is 16. The zero-order valence-electron chi connectivity index (χ0n) is 18.1. The van der Waals surface area contributed by atoms with Gasteiger partial charge in [-0.1, -0.05) is 115 Å². The highest BCUT2D eigenvalue weighted by molar-refractivity contribution is 5.66. The van der Waals surface area contributed by atoms with Gasteiger partial charge >= 0.3 is 5.97 Å². The Morgan fingerprint density at radius 1 is 0.593 bits per heavy atom. The Labute approximate surface area is 169 Å². The maximum Gasteiger partial charge on any atom is 0.303 e. The van der Waals surface area contributed by atoms with Crippen LogP contribution >= 0.6 is 0 Å². The second-order valence-electron chi connectivity index (χ2n) is 7.88. The lowest BCUT2D eigenvalue weighted by Gasteiger charge is -2.01. The summed E-state index contributed by atoms with van der Waals surface area (Å²) in [5.41, 5.74) is 0. The molecule has 0 heterocycles. The van der Waals surface area contributed by atoms with Crippen LogP contribution in [0.25, 0.3) is 0 Å². The summed E-state index contributed by atoms with van der Waals surface area (Å²) < 4.78 is 0. The van der Waals surface area contributed by atoms with Crippen molar-refractivity contribution in [1.29, 1.82) is 0 Å². The Kier molecular flexibility index (Phi) is 22.1. The molecule has 0 rings (SSSR count). The predicted molar refractivity (Wildman–Crippen MR) is 119 cm³/mol. The first kappa shape index (κ1) is 26.0. The van der Waals surface area contributed by atoms with Crippen molar-refractivity contribution in [3.63, 3.8) is 0 Å². The van der Waals surface area contributed by atoms with Gasteiger partial charge in [0, 0.05) is 6.42 Å². The monoisotopic (exact) mass is 378 g/mol. The molecular formula is C25H46O2. The van der Waals surface area contributed by atoms with E-state index < -0.39 is 5.97 Å². The van der Waals surface area contributed by atoms with Gasteiger partial charge < -0.3 is 5.11 Å². The van der Waals surface area contributed by atoms with Gasteiger partial charge in [-0.3, -0.25) is 4.79 Å². The van der Waals surface area contributed by atoms with Crippen molar-refractivity contribution in [1.82, 2.24) is 0 Å². The minimum atomic E-state index is -0.665. The van der Waals surface area contributed by atoms with Crippen molar-refractivity contribution in [2.45, 2.75) is 129 Å². The molecule has 0 aliphatic rings. The molecule has 0 saturated heterocycles. The Morgan fingerprint density at radius 3 is 1.37 bits per heavy atom. The molecule has 0 atom stereocenters. The zero-order valence-corrected chi connectivity index (χ0v) is 18.1. The smallest absolute Gasteiger partial charge is 0.303 e. The number of aliphatic carboxylic acids is 1. The topological polar surface area (TPSA) is 37.3 Å². The van der Waals surface area contributed by atoms with Gasteiger partial charge in [-0.05, 0) is 32.1 Å². The molecule has 0 aromatic rings. The summed E-state index contributed by atoms with van der Waals surface area (Å²) in [6.45, 7) is 2.28. The van der Waals surface area contributed by atoms with Gasteiger partial charge in [0.1, 0.15) is 0 Å². The largest absolute Gasteiger partial charge is 0.481 e. The van der Waals surface area contributed by atoms with Gasteiger partial charge in [-0.15, -0.1) is 0 Å². The van der Waals surface area contributed by atoms with Crippen molar-refractivity contribution in [3.05, 3.63) is 24.3 Å². The van der Waals surface area contributed by atoms with Gasteiger partial charge in [0.25, 0.3) is 0 Å². The molecule has 158 valence electrons. The van der Waals surface area contributed by atoms with E-state index in [-0.39, 0.29) is 0 Å². The summed E-state index contributed by atoms with van der Waals surface area (Å²) >= 11 is 0. The van der Waals surface area contributed by atoms with Crippen molar-refractivity contribution in [2.75, 3.05) is 0 Å². The molecule has 2 nitrogen and oxygen atoms in total. The van der Waals surface area contributed by atoms with Crippen molar-refractivity contribution in [3.8, 4) is 0 Å². The van der Waals surface area contributed by atoms with Crippen LogP contribution in [-0.4, -0.2) is 11.1 Å². The van der Waals surface area contributed by atoms with E-state index >= 15 is 0 Å². The van der Waals surface area contributed by atoms with Crippen LogP contribution in [-0.2, 0) is 4.79 Å². The van der Waals surface area contributed by atoms with Gasteiger partial charge in [-0.2, -0.15) is 0 Å². The van der Waals surface area contributed by atoms with Crippen LogP contribution in [0.2, 0.25) is 0 Å². The highest BCUT2D eigenvalue weighted by Crippen LogP contribution is 2.11. The minimum absolute atomic E-state index is 0.328. The van der Waals surface area contributed by atoms with Crippen molar-refractivity contribution < 1.29 is 9.90 Å². The van der Waals surface area contributed by atoms with Gasteiger partial charge in [0.2, 0.25) is 0 Å². The molecule has 0 aromatic carbocycles.